The standard InChI is InChI=1S/C14H16BrN3/c15-12-8-11(4-3-10(12)9-16)17-13-5-7-18-6-1-2-14(13)18/h3-4,8,13-14,17H,1-2,5-7H2. The predicted octanol–water partition coefficient (Wildman–Crippen LogP) is 2.97. The second-order valence-electron chi connectivity index (χ2n) is 5.09. The van der Waals surface area contributed by atoms with Crippen LogP contribution in [0.4, 0.5) is 5.69 Å². The van der Waals surface area contributed by atoms with Crippen molar-refractivity contribution in [3.8, 4) is 6.07 Å². The van der Waals surface area contributed by atoms with E-state index >= 15 is 0 Å². The summed E-state index contributed by atoms with van der Waals surface area (Å²) < 4.78 is 0.872. The van der Waals surface area contributed by atoms with Crippen LogP contribution in [-0.2, 0) is 0 Å². The average molecular weight is 306 g/mol. The molecule has 0 amide bonds. The Bertz CT molecular complexity index is 494. The Morgan fingerprint density at radius 1 is 1.33 bits per heavy atom. The van der Waals surface area contributed by atoms with Crippen molar-refractivity contribution in [1.29, 1.82) is 5.26 Å². The molecule has 0 spiro atoms. The van der Waals surface area contributed by atoms with Gasteiger partial charge in [-0.1, -0.05) is 0 Å². The molecule has 2 atom stereocenters. The van der Waals surface area contributed by atoms with E-state index in [0.717, 1.165) is 10.2 Å². The fourth-order valence-corrected chi connectivity index (χ4v) is 3.63. The first-order chi connectivity index (χ1) is 8.78. The molecule has 0 saturated carbocycles. The molecule has 0 aliphatic carbocycles. The number of hydrogen-bond acceptors (Lipinski definition) is 3. The molecule has 1 aromatic rings. The van der Waals surface area contributed by atoms with Gasteiger partial charge < -0.3 is 5.32 Å². The molecular formula is C14H16BrN3. The lowest BCUT2D eigenvalue weighted by Crippen LogP contribution is -2.33. The highest BCUT2D eigenvalue weighted by Crippen LogP contribution is 2.31. The van der Waals surface area contributed by atoms with E-state index < -0.39 is 0 Å². The first-order valence-corrected chi connectivity index (χ1v) is 7.27. The van der Waals surface area contributed by atoms with Crippen LogP contribution in [0.3, 0.4) is 0 Å². The molecule has 2 heterocycles. The Morgan fingerprint density at radius 3 is 3.00 bits per heavy atom. The topological polar surface area (TPSA) is 39.1 Å². The van der Waals surface area contributed by atoms with E-state index in [1.165, 1.54) is 32.4 Å². The highest BCUT2D eigenvalue weighted by Gasteiger charge is 2.36. The summed E-state index contributed by atoms with van der Waals surface area (Å²) in [4.78, 5) is 2.59. The second-order valence-corrected chi connectivity index (χ2v) is 5.95. The van der Waals surface area contributed by atoms with Crippen LogP contribution in [0.5, 0.6) is 0 Å². The molecule has 2 saturated heterocycles. The van der Waals surface area contributed by atoms with Gasteiger partial charge in [-0.15, -0.1) is 0 Å². The van der Waals surface area contributed by atoms with Gasteiger partial charge in [0.05, 0.1) is 5.56 Å². The van der Waals surface area contributed by atoms with Crippen molar-refractivity contribution in [2.75, 3.05) is 18.4 Å². The quantitative estimate of drug-likeness (QED) is 0.913. The lowest BCUT2D eigenvalue weighted by Gasteiger charge is -2.22. The van der Waals surface area contributed by atoms with Crippen molar-refractivity contribution < 1.29 is 0 Å². The van der Waals surface area contributed by atoms with Crippen molar-refractivity contribution in [3.05, 3.63) is 28.2 Å². The summed E-state index contributed by atoms with van der Waals surface area (Å²) in [5.41, 5.74) is 1.80. The maximum absolute atomic E-state index is 8.91. The van der Waals surface area contributed by atoms with Crippen LogP contribution < -0.4 is 5.32 Å². The molecule has 2 fully saturated rings. The Hall–Kier alpha value is -1.05. The number of rotatable bonds is 2. The van der Waals surface area contributed by atoms with Gasteiger partial charge in [-0.3, -0.25) is 4.90 Å². The normalized spacial score (nSPS) is 26.9. The average Bonchev–Trinajstić information content (AvgIpc) is 2.94. The molecule has 4 heteroatoms. The molecule has 2 aliphatic rings. The molecule has 1 N–H and O–H groups in total. The summed E-state index contributed by atoms with van der Waals surface area (Å²) >= 11 is 3.44. The third-order valence-electron chi connectivity index (χ3n) is 4.05. The fourth-order valence-electron chi connectivity index (χ4n) is 3.16. The summed E-state index contributed by atoms with van der Waals surface area (Å²) in [5.74, 6) is 0. The molecular weight excluding hydrogens is 290 g/mol. The maximum Gasteiger partial charge on any atom is 0.100 e. The van der Waals surface area contributed by atoms with Gasteiger partial charge in [0, 0.05) is 28.8 Å². The number of nitrogens with zero attached hydrogens (tertiary/aromatic N) is 2. The van der Waals surface area contributed by atoms with Crippen LogP contribution in [0.1, 0.15) is 24.8 Å². The van der Waals surface area contributed by atoms with Gasteiger partial charge in [-0.05, 0) is 59.9 Å². The Labute approximate surface area is 116 Å². The molecule has 1 aromatic carbocycles. The van der Waals surface area contributed by atoms with E-state index in [0.29, 0.717) is 17.6 Å². The molecule has 0 aromatic heterocycles. The second kappa shape index (κ2) is 4.91. The molecule has 94 valence electrons. The Morgan fingerprint density at radius 2 is 2.22 bits per heavy atom. The minimum atomic E-state index is 0.562. The van der Waals surface area contributed by atoms with E-state index in [1.54, 1.807) is 0 Å². The van der Waals surface area contributed by atoms with Gasteiger partial charge in [0.1, 0.15) is 6.07 Å². The molecule has 2 aliphatic heterocycles. The summed E-state index contributed by atoms with van der Waals surface area (Å²) in [6.07, 6.45) is 3.87. The van der Waals surface area contributed by atoms with Crippen LogP contribution in [-0.4, -0.2) is 30.1 Å². The van der Waals surface area contributed by atoms with Gasteiger partial charge in [0.25, 0.3) is 0 Å². The molecule has 2 unspecified atom stereocenters. The molecule has 0 bridgehead atoms. The number of benzene rings is 1. The van der Waals surface area contributed by atoms with Crippen LogP contribution in [0.2, 0.25) is 0 Å². The number of nitrogens with one attached hydrogen (secondary N) is 1. The summed E-state index contributed by atoms with van der Waals surface area (Å²) in [7, 11) is 0. The van der Waals surface area contributed by atoms with Crippen LogP contribution in [0, 0.1) is 11.3 Å². The van der Waals surface area contributed by atoms with Crippen LogP contribution >= 0.6 is 15.9 Å². The van der Waals surface area contributed by atoms with Crippen molar-refractivity contribution >= 4 is 21.6 Å². The zero-order valence-electron chi connectivity index (χ0n) is 10.2. The van der Waals surface area contributed by atoms with E-state index in [-0.39, 0.29) is 0 Å². The first kappa shape index (κ1) is 12.0. The largest absolute Gasteiger partial charge is 0.381 e. The monoisotopic (exact) mass is 305 g/mol. The zero-order chi connectivity index (χ0) is 12.5. The number of anilines is 1. The first-order valence-electron chi connectivity index (χ1n) is 6.48. The highest BCUT2D eigenvalue weighted by atomic mass is 79.9. The highest BCUT2D eigenvalue weighted by molar-refractivity contribution is 9.10. The third-order valence-corrected chi connectivity index (χ3v) is 4.70. The molecule has 3 rings (SSSR count). The lowest BCUT2D eigenvalue weighted by molar-refractivity contribution is 0.318. The maximum atomic E-state index is 8.91. The molecule has 0 radical (unpaired) electrons. The molecule has 3 nitrogen and oxygen atoms in total. The van der Waals surface area contributed by atoms with Crippen molar-refractivity contribution in [3.63, 3.8) is 0 Å². The Balaban J connectivity index is 1.73. The number of fused-ring (bicyclic) bond motifs is 1. The third kappa shape index (κ3) is 2.13. The van der Waals surface area contributed by atoms with Gasteiger partial charge >= 0.3 is 0 Å². The van der Waals surface area contributed by atoms with E-state index in [1.807, 2.05) is 18.2 Å². The van der Waals surface area contributed by atoms with E-state index in [2.05, 4.69) is 32.2 Å². The lowest BCUT2D eigenvalue weighted by atomic mass is 10.1. The van der Waals surface area contributed by atoms with E-state index in [4.69, 9.17) is 5.26 Å². The fraction of sp³-hybridized carbons (Fsp3) is 0.500. The van der Waals surface area contributed by atoms with Crippen LogP contribution in [0.25, 0.3) is 0 Å². The minimum Gasteiger partial charge on any atom is -0.381 e. The number of nitriles is 1. The van der Waals surface area contributed by atoms with Gasteiger partial charge in [-0.2, -0.15) is 5.26 Å². The smallest absolute Gasteiger partial charge is 0.100 e. The Kier molecular flexibility index (Phi) is 3.27. The van der Waals surface area contributed by atoms with Crippen molar-refractivity contribution in [2.45, 2.75) is 31.3 Å². The van der Waals surface area contributed by atoms with Crippen molar-refractivity contribution in [2.24, 2.45) is 0 Å². The number of hydrogen-bond donors (Lipinski definition) is 1. The summed E-state index contributed by atoms with van der Waals surface area (Å²) in [6.45, 7) is 2.49. The van der Waals surface area contributed by atoms with Gasteiger partial charge in [0.2, 0.25) is 0 Å². The van der Waals surface area contributed by atoms with Gasteiger partial charge in [0.15, 0.2) is 0 Å². The summed E-state index contributed by atoms with van der Waals surface area (Å²) in [5, 5.41) is 12.5. The van der Waals surface area contributed by atoms with Crippen molar-refractivity contribution in [1.82, 2.24) is 4.90 Å². The van der Waals surface area contributed by atoms with Crippen LogP contribution in [0.15, 0.2) is 22.7 Å². The minimum absolute atomic E-state index is 0.562. The molecule has 18 heavy (non-hydrogen) atoms. The zero-order valence-corrected chi connectivity index (χ0v) is 11.8. The van der Waals surface area contributed by atoms with Gasteiger partial charge in [-0.25, -0.2) is 0 Å². The SMILES string of the molecule is N#Cc1ccc(NC2CCN3CCCC23)cc1Br. The summed E-state index contributed by atoms with van der Waals surface area (Å²) in [6, 6.07) is 9.32. The number of halogens is 1. The van der Waals surface area contributed by atoms with E-state index in [9.17, 15) is 0 Å². The predicted molar refractivity (Wildman–Crippen MR) is 75.5 cm³/mol.